The summed E-state index contributed by atoms with van der Waals surface area (Å²) < 4.78 is 27.0. The molecule has 0 bridgehead atoms. The zero-order chi connectivity index (χ0) is 30.9. The number of hydrogen-bond acceptors (Lipinski definition) is 9. The predicted octanol–water partition coefficient (Wildman–Crippen LogP) is 6.82. The fraction of sp³-hybridized carbons (Fsp3) is 0.314. The number of thiazole rings is 1. The molecule has 5 heterocycles. The zero-order valence-electron chi connectivity index (χ0n) is 25.1. The van der Waals surface area contributed by atoms with Gasteiger partial charge in [0.15, 0.2) is 0 Å². The molecule has 2 aromatic carbocycles. The Labute approximate surface area is 270 Å². The number of ether oxygens (including phenoxy) is 2. The SMILES string of the molecule is C=CC(O)N1CCc2nc(-c3nc(-c4ccc5c(c4)CNCCC5)c4ccsc4c3-c3ccc(F)cc3OCCOC)sc2C1. The van der Waals surface area contributed by atoms with Crippen LogP contribution in [0, 0.1) is 5.82 Å². The molecule has 0 saturated heterocycles. The fourth-order valence-electron chi connectivity index (χ4n) is 6.21. The van der Waals surface area contributed by atoms with Gasteiger partial charge in [-0.3, -0.25) is 4.90 Å². The second-order valence-electron chi connectivity index (χ2n) is 11.4. The van der Waals surface area contributed by atoms with E-state index in [0.29, 0.717) is 25.4 Å². The summed E-state index contributed by atoms with van der Waals surface area (Å²) in [5.41, 5.74) is 8.05. The molecule has 3 aromatic heterocycles. The van der Waals surface area contributed by atoms with Crippen LogP contribution < -0.4 is 10.1 Å². The molecular formula is C35H35FN4O3S2. The van der Waals surface area contributed by atoms with Gasteiger partial charge in [0, 0.05) is 70.9 Å². The van der Waals surface area contributed by atoms with Gasteiger partial charge in [0.25, 0.3) is 0 Å². The number of methoxy groups -OCH3 is 1. The van der Waals surface area contributed by atoms with Crippen molar-refractivity contribution in [1.82, 2.24) is 20.2 Å². The Morgan fingerprint density at radius 2 is 2.02 bits per heavy atom. The number of hydrogen-bond donors (Lipinski definition) is 2. The highest BCUT2D eigenvalue weighted by Gasteiger charge is 2.28. The molecule has 0 amide bonds. The molecule has 2 aliphatic rings. The normalized spacial score (nSPS) is 15.8. The summed E-state index contributed by atoms with van der Waals surface area (Å²) in [7, 11) is 1.61. The second-order valence-corrected chi connectivity index (χ2v) is 13.4. The van der Waals surface area contributed by atoms with Gasteiger partial charge in [-0.2, -0.15) is 0 Å². The van der Waals surface area contributed by atoms with Crippen molar-refractivity contribution in [2.75, 3.05) is 33.4 Å². The van der Waals surface area contributed by atoms with E-state index in [-0.39, 0.29) is 12.4 Å². The minimum absolute atomic E-state index is 0.289. The zero-order valence-corrected chi connectivity index (χ0v) is 26.8. The Bertz CT molecular complexity index is 1870. The first-order chi connectivity index (χ1) is 22.0. The lowest BCUT2D eigenvalue weighted by Crippen LogP contribution is -2.37. The third kappa shape index (κ3) is 5.94. The predicted molar refractivity (Wildman–Crippen MR) is 179 cm³/mol. The fourth-order valence-corrected chi connectivity index (χ4v) is 8.29. The van der Waals surface area contributed by atoms with Crippen LogP contribution in [0.15, 0.2) is 60.5 Å². The lowest BCUT2D eigenvalue weighted by atomic mass is 9.96. The van der Waals surface area contributed by atoms with Crippen molar-refractivity contribution >= 4 is 32.8 Å². The maximum atomic E-state index is 14.6. The van der Waals surface area contributed by atoms with Crippen molar-refractivity contribution in [3.63, 3.8) is 0 Å². The summed E-state index contributed by atoms with van der Waals surface area (Å²) in [4.78, 5) is 13.6. The molecule has 1 unspecified atom stereocenters. The molecule has 0 saturated carbocycles. The average molecular weight is 643 g/mol. The molecule has 0 spiro atoms. The van der Waals surface area contributed by atoms with E-state index in [1.807, 2.05) is 4.90 Å². The van der Waals surface area contributed by atoms with Crippen LogP contribution in [0.3, 0.4) is 0 Å². The summed E-state index contributed by atoms with van der Waals surface area (Å²) >= 11 is 3.24. The highest BCUT2D eigenvalue weighted by atomic mass is 32.1. The molecule has 7 rings (SSSR count). The number of fused-ring (bicyclic) bond motifs is 3. The maximum absolute atomic E-state index is 14.6. The number of thiophene rings is 1. The molecular weight excluding hydrogens is 608 g/mol. The summed E-state index contributed by atoms with van der Waals surface area (Å²) in [5, 5.41) is 17.9. The minimum atomic E-state index is -0.708. The highest BCUT2D eigenvalue weighted by Crippen LogP contribution is 2.47. The van der Waals surface area contributed by atoms with E-state index in [1.165, 1.54) is 23.3 Å². The van der Waals surface area contributed by atoms with Crippen LogP contribution in [0.4, 0.5) is 4.39 Å². The van der Waals surface area contributed by atoms with Gasteiger partial charge in [-0.25, -0.2) is 14.4 Å². The third-order valence-corrected chi connectivity index (χ3v) is 10.5. The van der Waals surface area contributed by atoms with E-state index in [4.69, 9.17) is 19.4 Å². The summed E-state index contributed by atoms with van der Waals surface area (Å²) in [6, 6.07) is 13.5. The summed E-state index contributed by atoms with van der Waals surface area (Å²) in [5.74, 6) is 0.0687. The van der Waals surface area contributed by atoms with Crippen LogP contribution >= 0.6 is 22.7 Å². The van der Waals surface area contributed by atoms with Crippen LogP contribution in [0.1, 0.15) is 28.1 Å². The van der Waals surface area contributed by atoms with Gasteiger partial charge in [-0.05, 0) is 66.2 Å². The van der Waals surface area contributed by atoms with E-state index in [1.54, 1.807) is 41.9 Å². The number of rotatable bonds is 9. The Morgan fingerprint density at radius 1 is 1.11 bits per heavy atom. The third-order valence-electron chi connectivity index (χ3n) is 8.51. The van der Waals surface area contributed by atoms with Gasteiger partial charge < -0.3 is 19.9 Å². The van der Waals surface area contributed by atoms with Gasteiger partial charge in [0.1, 0.15) is 35.1 Å². The molecule has 2 N–H and O–H groups in total. The Hall–Kier alpha value is -3.51. The number of aliphatic hydroxyl groups is 1. The molecule has 10 heteroatoms. The van der Waals surface area contributed by atoms with E-state index in [2.05, 4.69) is 41.5 Å². The molecule has 7 nitrogen and oxygen atoms in total. The van der Waals surface area contributed by atoms with Crippen molar-refractivity contribution in [2.45, 2.75) is 38.6 Å². The van der Waals surface area contributed by atoms with Gasteiger partial charge in [-0.15, -0.1) is 22.7 Å². The number of pyridine rings is 1. The molecule has 232 valence electrons. The van der Waals surface area contributed by atoms with Gasteiger partial charge in [0.05, 0.1) is 18.0 Å². The molecule has 0 fully saturated rings. The maximum Gasteiger partial charge on any atom is 0.143 e. The molecule has 0 aliphatic carbocycles. The van der Waals surface area contributed by atoms with Gasteiger partial charge in [-0.1, -0.05) is 18.7 Å². The highest BCUT2D eigenvalue weighted by molar-refractivity contribution is 7.18. The largest absolute Gasteiger partial charge is 0.490 e. The molecule has 0 radical (unpaired) electrons. The standard InChI is InChI=1S/C35H35FN4O3S2/c1-3-30(41)40-13-10-27-29(20-40)45-35(38-27)33-31(25-9-8-24(36)18-28(25)43-15-14-42-2)34-26(11-16-44-34)32(39-33)22-7-6-21-5-4-12-37-19-23(21)17-22/h3,6-9,11,16-18,30,37,41H,1,4-5,10,12-15,19-20H2,2H3. The second kappa shape index (κ2) is 13.1. The molecule has 2 aliphatic heterocycles. The number of benzene rings is 2. The minimum Gasteiger partial charge on any atom is -0.490 e. The van der Waals surface area contributed by atoms with E-state index < -0.39 is 6.23 Å². The summed E-state index contributed by atoms with van der Waals surface area (Å²) in [6.07, 6.45) is 3.76. The van der Waals surface area contributed by atoms with Gasteiger partial charge in [0.2, 0.25) is 0 Å². The van der Waals surface area contributed by atoms with Crippen molar-refractivity contribution in [2.24, 2.45) is 0 Å². The van der Waals surface area contributed by atoms with Crippen LogP contribution in [0.2, 0.25) is 0 Å². The van der Waals surface area contributed by atoms with E-state index in [9.17, 15) is 9.50 Å². The first-order valence-electron chi connectivity index (χ1n) is 15.2. The number of aliphatic hydroxyl groups excluding tert-OH is 1. The lowest BCUT2D eigenvalue weighted by Gasteiger charge is -2.28. The number of halogens is 1. The van der Waals surface area contributed by atoms with Crippen molar-refractivity contribution in [3.8, 4) is 38.8 Å². The van der Waals surface area contributed by atoms with E-state index in [0.717, 1.165) is 86.1 Å². The number of nitrogens with zero attached hydrogens (tertiary/aromatic N) is 3. The van der Waals surface area contributed by atoms with Crippen LogP contribution in [0.25, 0.3) is 43.2 Å². The monoisotopic (exact) mass is 642 g/mol. The molecule has 1 atom stereocenters. The Balaban J connectivity index is 1.44. The topological polar surface area (TPSA) is 79.7 Å². The summed E-state index contributed by atoms with van der Waals surface area (Å²) in [6.45, 7) is 7.56. The molecule has 5 aromatic rings. The van der Waals surface area contributed by atoms with Crippen molar-refractivity contribution < 1.29 is 19.0 Å². The first-order valence-corrected chi connectivity index (χ1v) is 16.9. The number of nitrogens with one attached hydrogen (secondary N) is 1. The smallest absolute Gasteiger partial charge is 0.143 e. The average Bonchev–Trinajstić information content (AvgIpc) is 3.65. The molecule has 45 heavy (non-hydrogen) atoms. The number of aromatic nitrogens is 2. The van der Waals surface area contributed by atoms with Crippen LogP contribution in [-0.4, -0.2) is 59.6 Å². The van der Waals surface area contributed by atoms with E-state index >= 15 is 0 Å². The first kappa shape index (κ1) is 30.2. The number of aryl methyl sites for hydroxylation is 1. The van der Waals surface area contributed by atoms with Crippen molar-refractivity contribution in [3.05, 3.63) is 88.0 Å². The van der Waals surface area contributed by atoms with Crippen LogP contribution in [0.5, 0.6) is 5.75 Å². The van der Waals surface area contributed by atoms with Gasteiger partial charge >= 0.3 is 0 Å². The Kier molecular flexibility index (Phi) is 8.76. The quantitative estimate of drug-likeness (QED) is 0.135. The van der Waals surface area contributed by atoms with Crippen molar-refractivity contribution in [1.29, 1.82) is 0 Å². The lowest BCUT2D eigenvalue weighted by molar-refractivity contribution is 0.0325. The van der Waals surface area contributed by atoms with Crippen LogP contribution in [-0.2, 0) is 30.7 Å². The Morgan fingerprint density at radius 3 is 2.89 bits per heavy atom.